The molecule has 3 rings (SSSR count). The van der Waals surface area contributed by atoms with Crippen molar-refractivity contribution >= 4 is 63.0 Å². The van der Waals surface area contributed by atoms with Crippen LogP contribution in [0.2, 0.25) is 10.2 Å². The molecule has 0 radical (unpaired) electrons. The molecule has 5 nitrogen and oxygen atoms in total. The summed E-state index contributed by atoms with van der Waals surface area (Å²) in [5.74, 6) is 0.486. The molecule has 2 aromatic heterocycles. The van der Waals surface area contributed by atoms with Gasteiger partial charge in [-0.3, -0.25) is 4.79 Å². The first-order chi connectivity index (χ1) is 10.5. The van der Waals surface area contributed by atoms with Crippen LogP contribution >= 0.6 is 45.8 Å². The molecule has 2 heterocycles. The normalized spacial score (nSPS) is 10.9. The van der Waals surface area contributed by atoms with Gasteiger partial charge in [-0.15, -0.1) is 0 Å². The third-order valence-electron chi connectivity index (χ3n) is 3.14. The molecule has 0 bridgehead atoms. The van der Waals surface area contributed by atoms with E-state index in [1.807, 2.05) is 0 Å². The van der Waals surface area contributed by atoms with Crippen LogP contribution in [0.15, 0.2) is 24.4 Å². The summed E-state index contributed by atoms with van der Waals surface area (Å²) in [6.45, 7) is 0. The Balaban J connectivity index is 2.34. The molecule has 0 saturated carbocycles. The van der Waals surface area contributed by atoms with E-state index in [1.54, 1.807) is 29.1 Å². The number of fused-ring (bicyclic) bond motifs is 1. The summed E-state index contributed by atoms with van der Waals surface area (Å²) in [4.78, 5) is 15.1. The van der Waals surface area contributed by atoms with E-state index in [9.17, 15) is 4.79 Å². The minimum atomic E-state index is 0.324. The van der Waals surface area contributed by atoms with Crippen LogP contribution in [0.25, 0.3) is 16.6 Å². The van der Waals surface area contributed by atoms with Gasteiger partial charge in [0.1, 0.15) is 20.3 Å². The first kappa shape index (κ1) is 15.5. The van der Waals surface area contributed by atoms with Gasteiger partial charge in [-0.05, 0) is 34.7 Å². The summed E-state index contributed by atoms with van der Waals surface area (Å²) in [5.41, 5.74) is 1.75. The zero-order chi connectivity index (χ0) is 15.9. The van der Waals surface area contributed by atoms with Crippen molar-refractivity contribution in [2.24, 2.45) is 0 Å². The molecule has 0 fully saturated rings. The lowest BCUT2D eigenvalue weighted by molar-refractivity contribution is 0.112. The lowest BCUT2D eigenvalue weighted by Gasteiger charge is -2.11. The zero-order valence-corrected chi connectivity index (χ0v) is 14.8. The molecular weight excluding hydrogens is 440 g/mol. The van der Waals surface area contributed by atoms with Crippen LogP contribution in [-0.4, -0.2) is 28.2 Å². The van der Waals surface area contributed by atoms with Crippen molar-refractivity contribution in [3.63, 3.8) is 0 Å². The Bertz CT molecular complexity index is 895. The van der Waals surface area contributed by atoms with Gasteiger partial charge in [0.2, 0.25) is 0 Å². The quantitative estimate of drug-likeness (QED) is 0.343. The van der Waals surface area contributed by atoms with E-state index in [4.69, 9.17) is 27.9 Å². The topological polar surface area (TPSA) is 57.0 Å². The Morgan fingerprint density at radius 2 is 2.09 bits per heavy atom. The molecule has 0 unspecified atom stereocenters. The molecule has 0 N–H and O–H groups in total. The number of halogens is 3. The van der Waals surface area contributed by atoms with Gasteiger partial charge in [0.25, 0.3) is 0 Å². The molecule has 0 amide bonds. The number of ether oxygens (including phenoxy) is 1. The van der Waals surface area contributed by atoms with E-state index >= 15 is 0 Å². The summed E-state index contributed by atoms with van der Waals surface area (Å²) in [5, 5.41) is 6.03. The largest absolute Gasteiger partial charge is 0.494 e. The summed E-state index contributed by atoms with van der Waals surface area (Å²) >= 11 is 14.2. The maximum atomic E-state index is 11.0. The summed E-state index contributed by atoms with van der Waals surface area (Å²) in [7, 11) is 1.52. The molecule has 3 aromatic rings. The smallest absolute Gasteiger partial charge is 0.151 e. The number of hydrogen-bond donors (Lipinski definition) is 0. The number of pyridine rings is 1. The van der Waals surface area contributed by atoms with Crippen molar-refractivity contribution in [1.82, 2.24) is 14.8 Å². The van der Waals surface area contributed by atoms with E-state index < -0.39 is 0 Å². The second-order valence-corrected chi connectivity index (χ2v) is 6.21. The first-order valence-corrected chi connectivity index (χ1v) is 7.91. The highest BCUT2D eigenvalue weighted by Gasteiger charge is 2.16. The Morgan fingerprint density at radius 1 is 1.32 bits per heavy atom. The third kappa shape index (κ3) is 2.55. The minimum absolute atomic E-state index is 0.324. The number of hydrogen-bond acceptors (Lipinski definition) is 4. The standard InChI is InChI=1S/C14H8Cl2IN3O2/c1-22-12-2-7(6-21)9(15)3-11(12)20-10-4-13(16)18-5-8(10)14(17)19-20/h2-6H,1H3. The minimum Gasteiger partial charge on any atom is -0.494 e. The SMILES string of the molecule is COc1cc(C=O)c(Cl)cc1-n1nc(I)c2cnc(Cl)cc21. The molecule has 0 aliphatic heterocycles. The van der Waals surface area contributed by atoms with Crippen LogP contribution in [0.3, 0.4) is 0 Å². The number of methoxy groups -OCH3 is 1. The lowest BCUT2D eigenvalue weighted by atomic mass is 10.2. The predicted octanol–water partition coefficient (Wildman–Crippen LogP) is 4.15. The van der Waals surface area contributed by atoms with E-state index in [-0.39, 0.29) is 0 Å². The number of nitrogens with zero attached hydrogens (tertiary/aromatic N) is 3. The lowest BCUT2D eigenvalue weighted by Crippen LogP contribution is -2.01. The summed E-state index contributed by atoms with van der Waals surface area (Å²) in [6.07, 6.45) is 2.34. The Morgan fingerprint density at radius 3 is 2.77 bits per heavy atom. The average molecular weight is 448 g/mol. The fourth-order valence-electron chi connectivity index (χ4n) is 2.11. The number of benzene rings is 1. The van der Waals surface area contributed by atoms with Gasteiger partial charge < -0.3 is 4.74 Å². The van der Waals surface area contributed by atoms with Gasteiger partial charge in [0, 0.05) is 17.8 Å². The van der Waals surface area contributed by atoms with Gasteiger partial charge in [-0.1, -0.05) is 23.2 Å². The van der Waals surface area contributed by atoms with Gasteiger partial charge >= 0.3 is 0 Å². The fourth-order valence-corrected chi connectivity index (χ4v) is 3.10. The number of aromatic nitrogens is 3. The Kier molecular flexibility index (Phi) is 4.24. The molecule has 0 aliphatic rings. The van der Waals surface area contributed by atoms with E-state index in [1.165, 1.54) is 7.11 Å². The highest BCUT2D eigenvalue weighted by Crippen LogP contribution is 2.32. The van der Waals surface area contributed by atoms with Gasteiger partial charge in [0.05, 0.1) is 23.0 Å². The fraction of sp³-hybridized carbons (Fsp3) is 0.0714. The number of carbonyl (C=O) groups is 1. The Labute approximate surface area is 149 Å². The molecule has 112 valence electrons. The molecule has 0 saturated heterocycles. The van der Waals surface area contributed by atoms with E-state index in [2.05, 4.69) is 32.7 Å². The summed E-state index contributed by atoms with van der Waals surface area (Å²) in [6, 6.07) is 4.93. The van der Waals surface area contributed by atoms with Crippen molar-refractivity contribution in [3.8, 4) is 11.4 Å². The van der Waals surface area contributed by atoms with Crippen molar-refractivity contribution in [2.45, 2.75) is 0 Å². The second kappa shape index (κ2) is 6.02. The van der Waals surface area contributed by atoms with Gasteiger partial charge in [-0.25, -0.2) is 9.67 Å². The maximum absolute atomic E-state index is 11.0. The highest BCUT2D eigenvalue weighted by atomic mass is 127. The monoisotopic (exact) mass is 447 g/mol. The van der Waals surface area contributed by atoms with Crippen molar-refractivity contribution < 1.29 is 9.53 Å². The predicted molar refractivity (Wildman–Crippen MR) is 93.5 cm³/mol. The van der Waals surface area contributed by atoms with Gasteiger partial charge in [0.15, 0.2) is 6.29 Å². The molecule has 1 aromatic carbocycles. The summed E-state index contributed by atoms with van der Waals surface area (Å²) < 4.78 is 7.80. The highest BCUT2D eigenvalue weighted by molar-refractivity contribution is 14.1. The molecule has 0 spiro atoms. The average Bonchev–Trinajstić information content (AvgIpc) is 2.83. The van der Waals surface area contributed by atoms with Crippen LogP contribution in [0.1, 0.15) is 10.4 Å². The van der Waals surface area contributed by atoms with Crippen LogP contribution in [0.5, 0.6) is 5.75 Å². The number of carbonyl (C=O) groups excluding carboxylic acids is 1. The first-order valence-electron chi connectivity index (χ1n) is 6.08. The van der Waals surface area contributed by atoms with Crippen LogP contribution in [-0.2, 0) is 0 Å². The third-order valence-corrected chi connectivity index (χ3v) is 4.47. The van der Waals surface area contributed by atoms with Crippen molar-refractivity contribution in [2.75, 3.05) is 7.11 Å². The number of aldehydes is 1. The van der Waals surface area contributed by atoms with Gasteiger partial charge in [-0.2, -0.15) is 5.10 Å². The molecular formula is C14H8Cl2IN3O2. The Hall–Kier alpha value is -1.38. The maximum Gasteiger partial charge on any atom is 0.151 e. The van der Waals surface area contributed by atoms with Crippen molar-refractivity contribution in [3.05, 3.63) is 43.8 Å². The number of rotatable bonds is 3. The van der Waals surface area contributed by atoms with Crippen LogP contribution in [0.4, 0.5) is 0 Å². The second-order valence-electron chi connectivity index (χ2n) is 4.39. The molecule has 22 heavy (non-hydrogen) atoms. The van der Waals surface area contributed by atoms with Crippen molar-refractivity contribution in [1.29, 1.82) is 0 Å². The van der Waals surface area contributed by atoms with Crippen LogP contribution < -0.4 is 4.74 Å². The molecule has 0 atom stereocenters. The molecule has 8 heteroatoms. The van der Waals surface area contributed by atoms with E-state index in [0.717, 1.165) is 14.6 Å². The zero-order valence-electron chi connectivity index (χ0n) is 11.2. The van der Waals surface area contributed by atoms with E-state index in [0.29, 0.717) is 33.5 Å². The van der Waals surface area contributed by atoms with Crippen LogP contribution in [0, 0.1) is 3.70 Å². The molecule has 0 aliphatic carbocycles.